The molecular weight excluding hydrogens is 308 g/mol. The lowest BCUT2D eigenvalue weighted by Crippen LogP contribution is -2.40. The summed E-state index contributed by atoms with van der Waals surface area (Å²) in [5, 5.41) is 5.60. The van der Waals surface area contributed by atoms with Gasteiger partial charge in [-0.1, -0.05) is 30.3 Å². The molecule has 124 valence electrons. The molecule has 0 aliphatic rings. The lowest BCUT2D eigenvalue weighted by Gasteiger charge is -2.17. The average molecular weight is 331 g/mol. The third-order valence-electron chi connectivity index (χ3n) is 2.73. The van der Waals surface area contributed by atoms with Gasteiger partial charge >= 0.3 is 5.97 Å². The molecule has 1 amide bonds. The number of hydrogen-bond donors (Lipinski definition) is 2. The summed E-state index contributed by atoms with van der Waals surface area (Å²) in [7, 11) is 1.59. The maximum atomic E-state index is 12.0. The zero-order valence-corrected chi connectivity index (χ0v) is 13.7. The largest absolute Gasteiger partial charge is 0.464 e. The number of benzene rings is 1. The summed E-state index contributed by atoms with van der Waals surface area (Å²) in [5.74, 6) is -0.734. The van der Waals surface area contributed by atoms with Crippen molar-refractivity contribution in [2.24, 2.45) is 0 Å². The number of carbonyl (C=O) groups excluding carboxylic acids is 2. The van der Waals surface area contributed by atoms with Crippen LogP contribution in [0, 0.1) is 0 Å². The summed E-state index contributed by atoms with van der Waals surface area (Å²) in [6, 6.07) is 8.23. The lowest BCUT2D eigenvalue weighted by atomic mass is 10.1. The molecule has 1 aromatic carbocycles. The van der Waals surface area contributed by atoms with Crippen LogP contribution < -0.4 is 10.6 Å². The van der Waals surface area contributed by atoms with E-state index in [0.717, 1.165) is 0 Å². The standard InChI is InChI=1S/C15H22N2O4.ClH/c1-3-21-15(19)14(12-7-5-4-6-8-12)17-13(18)11-16-9-10-20-2;/h4-8,14,16H,3,9-11H2,1-2H3,(H,17,18);1H/t14-;/m1./s1. The summed E-state index contributed by atoms with van der Waals surface area (Å²) in [4.78, 5) is 23.9. The molecule has 0 spiro atoms. The van der Waals surface area contributed by atoms with Crippen molar-refractivity contribution in [1.82, 2.24) is 10.6 Å². The zero-order valence-electron chi connectivity index (χ0n) is 12.8. The number of nitrogens with one attached hydrogen (secondary N) is 2. The van der Waals surface area contributed by atoms with E-state index in [0.29, 0.717) is 18.7 Å². The molecule has 6 nitrogen and oxygen atoms in total. The van der Waals surface area contributed by atoms with Crippen LogP contribution in [0.15, 0.2) is 30.3 Å². The van der Waals surface area contributed by atoms with E-state index < -0.39 is 12.0 Å². The molecule has 0 aliphatic heterocycles. The average Bonchev–Trinajstić information content (AvgIpc) is 2.50. The van der Waals surface area contributed by atoms with Crippen molar-refractivity contribution in [3.8, 4) is 0 Å². The molecule has 2 N–H and O–H groups in total. The first-order chi connectivity index (χ1) is 10.2. The quantitative estimate of drug-likeness (QED) is 0.523. The van der Waals surface area contributed by atoms with Crippen molar-refractivity contribution in [3.63, 3.8) is 0 Å². The van der Waals surface area contributed by atoms with Crippen molar-refractivity contribution in [2.45, 2.75) is 13.0 Å². The van der Waals surface area contributed by atoms with Gasteiger partial charge in [0.2, 0.25) is 5.91 Å². The number of esters is 1. The Labute approximate surface area is 137 Å². The SMILES string of the molecule is CCOC(=O)[C@H](NC(=O)CNCCOC)c1ccccc1.Cl. The van der Waals surface area contributed by atoms with Crippen molar-refractivity contribution in [1.29, 1.82) is 0 Å². The first-order valence-electron chi connectivity index (χ1n) is 6.89. The Morgan fingerprint density at radius 2 is 1.91 bits per heavy atom. The first kappa shape index (κ1) is 20.4. The number of methoxy groups -OCH3 is 1. The molecule has 0 unspecified atom stereocenters. The van der Waals surface area contributed by atoms with Gasteiger partial charge in [-0.3, -0.25) is 4.79 Å². The number of ether oxygens (including phenoxy) is 2. The smallest absolute Gasteiger partial charge is 0.333 e. The molecule has 1 atom stereocenters. The molecule has 0 heterocycles. The van der Waals surface area contributed by atoms with E-state index in [4.69, 9.17) is 9.47 Å². The van der Waals surface area contributed by atoms with Crippen molar-refractivity contribution < 1.29 is 19.1 Å². The number of amides is 1. The molecule has 0 bridgehead atoms. The van der Waals surface area contributed by atoms with Gasteiger partial charge in [-0.25, -0.2) is 4.79 Å². The highest BCUT2D eigenvalue weighted by Crippen LogP contribution is 2.14. The van der Waals surface area contributed by atoms with Crippen molar-refractivity contribution >= 4 is 24.3 Å². The van der Waals surface area contributed by atoms with Crippen LogP contribution in [-0.2, 0) is 19.1 Å². The third-order valence-corrected chi connectivity index (χ3v) is 2.73. The fraction of sp³-hybridized carbons (Fsp3) is 0.467. The predicted octanol–water partition coefficient (Wildman–Crippen LogP) is 1.06. The second-order valence-electron chi connectivity index (χ2n) is 4.33. The maximum Gasteiger partial charge on any atom is 0.333 e. The fourth-order valence-corrected chi connectivity index (χ4v) is 1.74. The van der Waals surface area contributed by atoms with E-state index in [9.17, 15) is 9.59 Å². The van der Waals surface area contributed by atoms with Crippen LogP contribution in [0.5, 0.6) is 0 Å². The van der Waals surface area contributed by atoms with Crippen LogP contribution in [0.3, 0.4) is 0 Å². The fourth-order valence-electron chi connectivity index (χ4n) is 1.74. The van der Waals surface area contributed by atoms with Gasteiger partial charge in [-0.15, -0.1) is 12.4 Å². The number of rotatable bonds is 9. The molecule has 1 aromatic rings. The molecular formula is C15H23ClN2O4. The maximum absolute atomic E-state index is 12.0. The highest BCUT2D eigenvalue weighted by molar-refractivity contribution is 5.86. The zero-order chi connectivity index (χ0) is 15.5. The minimum atomic E-state index is -0.789. The molecule has 0 fully saturated rings. The van der Waals surface area contributed by atoms with Crippen LogP contribution in [-0.4, -0.2) is 45.3 Å². The topological polar surface area (TPSA) is 76.7 Å². The number of hydrogen-bond acceptors (Lipinski definition) is 5. The molecule has 0 aromatic heterocycles. The van der Waals surface area contributed by atoms with Gasteiger partial charge in [0, 0.05) is 13.7 Å². The molecule has 1 rings (SSSR count). The Balaban J connectivity index is 0.00000441. The molecule has 0 saturated heterocycles. The van der Waals surface area contributed by atoms with Crippen LogP contribution in [0.4, 0.5) is 0 Å². The van der Waals surface area contributed by atoms with Gasteiger partial charge in [0.25, 0.3) is 0 Å². The Kier molecular flexibility index (Phi) is 11.1. The summed E-state index contributed by atoms with van der Waals surface area (Å²) >= 11 is 0. The molecule has 0 radical (unpaired) electrons. The van der Waals surface area contributed by atoms with E-state index in [1.165, 1.54) is 0 Å². The van der Waals surface area contributed by atoms with Crippen molar-refractivity contribution in [2.75, 3.05) is 33.4 Å². The highest BCUT2D eigenvalue weighted by Gasteiger charge is 2.23. The Hall–Kier alpha value is -1.63. The molecule has 7 heteroatoms. The highest BCUT2D eigenvalue weighted by atomic mass is 35.5. The molecule has 22 heavy (non-hydrogen) atoms. The lowest BCUT2D eigenvalue weighted by molar-refractivity contribution is -0.147. The van der Waals surface area contributed by atoms with E-state index in [1.54, 1.807) is 26.2 Å². The van der Waals surface area contributed by atoms with Crippen LogP contribution in [0.2, 0.25) is 0 Å². The summed E-state index contributed by atoms with van der Waals surface area (Å²) < 4.78 is 9.88. The monoisotopic (exact) mass is 330 g/mol. The third kappa shape index (κ3) is 7.40. The van der Waals surface area contributed by atoms with Crippen LogP contribution >= 0.6 is 12.4 Å². The van der Waals surface area contributed by atoms with Gasteiger partial charge in [-0.2, -0.15) is 0 Å². The summed E-state index contributed by atoms with van der Waals surface area (Å²) in [6.45, 7) is 3.21. The Morgan fingerprint density at radius 3 is 2.50 bits per heavy atom. The van der Waals surface area contributed by atoms with E-state index in [-0.39, 0.29) is 31.5 Å². The second kappa shape index (κ2) is 12.0. The van der Waals surface area contributed by atoms with Gasteiger partial charge in [-0.05, 0) is 12.5 Å². The molecule has 0 saturated carbocycles. The minimum absolute atomic E-state index is 0. The first-order valence-corrected chi connectivity index (χ1v) is 6.89. The van der Waals surface area contributed by atoms with Gasteiger partial charge < -0.3 is 20.1 Å². The predicted molar refractivity (Wildman–Crippen MR) is 86.0 cm³/mol. The van der Waals surface area contributed by atoms with Crippen LogP contribution in [0.1, 0.15) is 18.5 Å². The number of carbonyl (C=O) groups is 2. The van der Waals surface area contributed by atoms with Gasteiger partial charge in [0.1, 0.15) is 0 Å². The number of halogens is 1. The second-order valence-corrected chi connectivity index (χ2v) is 4.33. The van der Waals surface area contributed by atoms with Crippen LogP contribution in [0.25, 0.3) is 0 Å². The Bertz CT molecular complexity index is 442. The van der Waals surface area contributed by atoms with E-state index in [2.05, 4.69) is 10.6 Å². The molecule has 0 aliphatic carbocycles. The van der Waals surface area contributed by atoms with E-state index in [1.807, 2.05) is 18.2 Å². The van der Waals surface area contributed by atoms with Crippen molar-refractivity contribution in [3.05, 3.63) is 35.9 Å². The normalized spacial score (nSPS) is 11.2. The van der Waals surface area contributed by atoms with E-state index >= 15 is 0 Å². The summed E-state index contributed by atoms with van der Waals surface area (Å²) in [5.41, 5.74) is 0.696. The van der Waals surface area contributed by atoms with Gasteiger partial charge in [0.05, 0.1) is 19.8 Å². The van der Waals surface area contributed by atoms with Gasteiger partial charge in [0.15, 0.2) is 6.04 Å². The Morgan fingerprint density at radius 1 is 1.23 bits per heavy atom. The summed E-state index contributed by atoms with van der Waals surface area (Å²) in [6.07, 6.45) is 0. The minimum Gasteiger partial charge on any atom is -0.464 e.